The van der Waals surface area contributed by atoms with E-state index in [9.17, 15) is 4.79 Å². The molecule has 1 aromatic carbocycles. The first-order valence-electron chi connectivity index (χ1n) is 7.76. The Morgan fingerprint density at radius 3 is 2.73 bits per heavy atom. The molecule has 22 heavy (non-hydrogen) atoms. The monoisotopic (exact) mass is 317 g/mol. The average molecular weight is 317 g/mol. The fraction of sp³-hybridized carbons (Fsp3) is 0.412. The van der Waals surface area contributed by atoms with Crippen LogP contribution in [0, 0.1) is 0 Å². The molecule has 0 saturated carbocycles. The van der Waals surface area contributed by atoms with E-state index in [1.165, 1.54) is 11.8 Å². The Labute approximate surface area is 136 Å². The maximum absolute atomic E-state index is 11.8. The highest BCUT2D eigenvalue weighted by molar-refractivity contribution is 7.99. The molecule has 0 atom stereocenters. The van der Waals surface area contributed by atoms with Crippen LogP contribution in [-0.4, -0.2) is 27.8 Å². The average Bonchev–Trinajstić information content (AvgIpc) is 2.97. The van der Waals surface area contributed by atoms with Crippen molar-refractivity contribution in [2.75, 3.05) is 12.3 Å². The standard InChI is InChI=1S/C17H23N3OS/c1-3-5-11-18-16(21)13-22-17-19-12-15(20(17)4-2)14-9-7-6-8-10-14/h6-10,12H,3-5,11,13H2,1-2H3,(H,18,21). The number of thioether (sulfide) groups is 1. The van der Waals surface area contributed by atoms with E-state index in [0.717, 1.165) is 42.3 Å². The molecule has 0 fully saturated rings. The Bertz CT molecular complexity index is 595. The number of nitrogens with zero attached hydrogens (tertiary/aromatic N) is 2. The van der Waals surface area contributed by atoms with Crippen molar-refractivity contribution in [3.8, 4) is 11.3 Å². The predicted octanol–water partition coefficient (Wildman–Crippen LogP) is 3.58. The number of imidazole rings is 1. The molecule has 1 heterocycles. The molecule has 118 valence electrons. The highest BCUT2D eigenvalue weighted by Crippen LogP contribution is 2.25. The lowest BCUT2D eigenvalue weighted by molar-refractivity contribution is -0.118. The van der Waals surface area contributed by atoms with Gasteiger partial charge in [0.15, 0.2) is 5.16 Å². The fourth-order valence-electron chi connectivity index (χ4n) is 2.20. The third-order valence-corrected chi connectivity index (χ3v) is 4.38. The molecule has 0 aliphatic rings. The van der Waals surface area contributed by atoms with E-state index in [2.05, 4.69) is 40.8 Å². The van der Waals surface area contributed by atoms with Gasteiger partial charge >= 0.3 is 0 Å². The van der Waals surface area contributed by atoms with E-state index in [1.54, 1.807) is 0 Å². The zero-order valence-electron chi connectivity index (χ0n) is 13.2. The molecule has 4 nitrogen and oxygen atoms in total. The maximum atomic E-state index is 11.8. The molecule has 2 rings (SSSR count). The summed E-state index contributed by atoms with van der Waals surface area (Å²) < 4.78 is 2.15. The zero-order chi connectivity index (χ0) is 15.8. The Morgan fingerprint density at radius 1 is 1.27 bits per heavy atom. The zero-order valence-corrected chi connectivity index (χ0v) is 14.0. The molecule has 0 radical (unpaired) electrons. The van der Waals surface area contributed by atoms with Crippen LogP contribution in [0.4, 0.5) is 0 Å². The van der Waals surface area contributed by atoms with E-state index in [-0.39, 0.29) is 5.91 Å². The van der Waals surface area contributed by atoms with E-state index in [1.807, 2.05) is 24.4 Å². The van der Waals surface area contributed by atoms with Crippen LogP contribution < -0.4 is 5.32 Å². The molecule has 0 aliphatic heterocycles. The van der Waals surface area contributed by atoms with Crippen LogP contribution in [0.2, 0.25) is 0 Å². The highest BCUT2D eigenvalue weighted by Gasteiger charge is 2.12. The Morgan fingerprint density at radius 2 is 2.05 bits per heavy atom. The van der Waals surface area contributed by atoms with Crippen LogP contribution >= 0.6 is 11.8 Å². The van der Waals surface area contributed by atoms with Crippen molar-refractivity contribution in [1.29, 1.82) is 0 Å². The van der Waals surface area contributed by atoms with Gasteiger partial charge in [0, 0.05) is 13.1 Å². The van der Waals surface area contributed by atoms with Crippen LogP contribution in [0.3, 0.4) is 0 Å². The Balaban J connectivity index is 2.00. The first kappa shape index (κ1) is 16.6. The number of aromatic nitrogens is 2. The van der Waals surface area contributed by atoms with Crippen molar-refractivity contribution in [2.45, 2.75) is 38.4 Å². The Hall–Kier alpha value is -1.75. The molecule has 1 aromatic heterocycles. The number of nitrogens with one attached hydrogen (secondary N) is 1. The second-order valence-corrected chi connectivity index (χ2v) is 5.97. The van der Waals surface area contributed by atoms with Gasteiger partial charge in [-0.3, -0.25) is 4.79 Å². The molecule has 5 heteroatoms. The number of amides is 1. The molecule has 0 bridgehead atoms. The van der Waals surface area contributed by atoms with Crippen LogP contribution in [0.1, 0.15) is 26.7 Å². The number of hydrogen-bond donors (Lipinski definition) is 1. The number of carbonyl (C=O) groups is 1. The summed E-state index contributed by atoms with van der Waals surface area (Å²) in [5, 5.41) is 3.83. The van der Waals surface area contributed by atoms with Gasteiger partial charge < -0.3 is 9.88 Å². The first-order chi connectivity index (χ1) is 10.8. The van der Waals surface area contributed by atoms with Crippen molar-refractivity contribution >= 4 is 17.7 Å². The van der Waals surface area contributed by atoms with Crippen molar-refractivity contribution in [3.05, 3.63) is 36.5 Å². The van der Waals surface area contributed by atoms with E-state index in [0.29, 0.717) is 5.75 Å². The second kappa shape index (κ2) is 8.63. The summed E-state index contributed by atoms with van der Waals surface area (Å²) in [6.45, 7) is 5.81. The lowest BCUT2D eigenvalue weighted by Crippen LogP contribution is -2.26. The summed E-state index contributed by atoms with van der Waals surface area (Å²) >= 11 is 1.49. The summed E-state index contributed by atoms with van der Waals surface area (Å²) in [6.07, 6.45) is 4.00. The van der Waals surface area contributed by atoms with E-state index in [4.69, 9.17) is 0 Å². The molecule has 0 saturated heterocycles. The number of benzene rings is 1. The third kappa shape index (κ3) is 4.37. The number of rotatable bonds is 8. The molecule has 0 spiro atoms. The van der Waals surface area contributed by atoms with Crippen LogP contribution in [-0.2, 0) is 11.3 Å². The minimum absolute atomic E-state index is 0.0744. The third-order valence-electron chi connectivity index (χ3n) is 3.39. The van der Waals surface area contributed by atoms with Gasteiger partial charge in [-0.1, -0.05) is 55.4 Å². The Kier molecular flexibility index (Phi) is 6.52. The van der Waals surface area contributed by atoms with Gasteiger partial charge in [-0.15, -0.1) is 0 Å². The summed E-state index contributed by atoms with van der Waals surface area (Å²) in [4.78, 5) is 16.3. The van der Waals surface area contributed by atoms with Crippen molar-refractivity contribution in [3.63, 3.8) is 0 Å². The quantitative estimate of drug-likeness (QED) is 0.598. The summed E-state index contributed by atoms with van der Waals surface area (Å²) in [6, 6.07) is 10.2. The lowest BCUT2D eigenvalue weighted by atomic mass is 10.2. The molecular formula is C17H23N3OS. The molecule has 0 aliphatic carbocycles. The number of unbranched alkanes of at least 4 members (excludes halogenated alkanes) is 1. The molecule has 1 N–H and O–H groups in total. The fourth-order valence-corrected chi connectivity index (χ4v) is 3.08. The number of carbonyl (C=O) groups excluding carboxylic acids is 1. The smallest absolute Gasteiger partial charge is 0.230 e. The van der Waals surface area contributed by atoms with Crippen LogP contribution in [0.5, 0.6) is 0 Å². The minimum Gasteiger partial charge on any atom is -0.355 e. The van der Waals surface area contributed by atoms with Crippen LogP contribution in [0.25, 0.3) is 11.3 Å². The second-order valence-electron chi connectivity index (χ2n) is 5.03. The van der Waals surface area contributed by atoms with Crippen molar-refractivity contribution < 1.29 is 4.79 Å². The van der Waals surface area contributed by atoms with Crippen molar-refractivity contribution in [1.82, 2.24) is 14.9 Å². The predicted molar refractivity (Wildman–Crippen MR) is 92.0 cm³/mol. The molecule has 0 unspecified atom stereocenters. The SMILES string of the molecule is CCCCNC(=O)CSc1ncc(-c2ccccc2)n1CC. The van der Waals surface area contributed by atoms with Gasteiger partial charge in [0.25, 0.3) is 0 Å². The first-order valence-corrected chi connectivity index (χ1v) is 8.75. The van der Waals surface area contributed by atoms with Gasteiger partial charge in [-0.2, -0.15) is 0 Å². The largest absolute Gasteiger partial charge is 0.355 e. The number of hydrogen-bond acceptors (Lipinski definition) is 3. The highest BCUT2D eigenvalue weighted by atomic mass is 32.2. The van der Waals surface area contributed by atoms with E-state index >= 15 is 0 Å². The normalized spacial score (nSPS) is 10.6. The molecule has 2 aromatic rings. The topological polar surface area (TPSA) is 46.9 Å². The summed E-state index contributed by atoms with van der Waals surface area (Å²) in [5.41, 5.74) is 2.24. The maximum Gasteiger partial charge on any atom is 0.230 e. The van der Waals surface area contributed by atoms with Crippen LogP contribution in [0.15, 0.2) is 41.7 Å². The van der Waals surface area contributed by atoms with Gasteiger partial charge in [0.05, 0.1) is 17.6 Å². The van der Waals surface area contributed by atoms with E-state index < -0.39 is 0 Å². The molecular weight excluding hydrogens is 294 g/mol. The van der Waals surface area contributed by atoms with Crippen molar-refractivity contribution in [2.24, 2.45) is 0 Å². The van der Waals surface area contributed by atoms with Gasteiger partial charge in [0.2, 0.25) is 5.91 Å². The van der Waals surface area contributed by atoms with Gasteiger partial charge in [-0.25, -0.2) is 4.98 Å². The molecule has 1 amide bonds. The lowest BCUT2D eigenvalue weighted by Gasteiger charge is -2.09. The van der Waals surface area contributed by atoms with Gasteiger partial charge in [-0.05, 0) is 18.9 Å². The minimum atomic E-state index is 0.0744. The summed E-state index contributed by atoms with van der Waals surface area (Å²) in [7, 11) is 0. The summed E-state index contributed by atoms with van der Waals surface area (Å²) in [5.74, 6) is 0.486. The van der Waals surface area contributed by atoms with Gasteiger partial charge in [0.1, 0.15) is 0 Å².